The first kappa shape index (κ1) is 17.1. The van der Waals surface area contributed by atoms with Crippen molar-refractivity contribution in [2.75, 3.05) is 13.1 Å². The van der Waals surface area contributed by atoms with Crippen molar-refractivity contribution in [1.29, 1.82) is 0 Å². The van der Waals surface area contributed by atoms with Gasteiger partial charge in [0, 0.05) is 26.2 Å². The first-order valence-electron chi connectivity index (χ1n) is 7.32. The molecule has 2 heterocycles. The van der Waals surface area contributed by atoms with Crippen molar-refractivity contribution < 1.29 is 14.4 Å². The molecule has 0 aliphatic heterocycles. The highest BCUT2D eigenvalue weighted by Gasteiger charge is 2.14. The molecule has 0 radical (unpaired) electrons. The maximum atomic E-state index is 12.0. The predicted octanol–water partition coefficient (Wildman–Crippen LogP) is -0.399. The molecule has 2 aromatic rings. The van der Waals surface area contributed by atoms with Crippen molar-refractivity contribution in [3.63, 3.8) is 0 Å². The molecule has 0 saturated carbocycles. The Balaban J connectivity index is 1.82. The minimum absolute atomic E-state index is 0.0285. The first-order chi connectivity index (χ1) is 11.6. The molecule has 0 atom stereocenters. The van der Waals surface area contributed by atoms with Crippen molar-refractivity contribution in [3.8, 4) is 0 Å². The van der Waals surface area contributed by atoms with Crippen LogP contribution < -0.4 is 16.0 Å². The van der Waals surface area contributed by atoms with Gasteiger partial charge < -0.3 is 20.9 Å². The number of imidazole rings is 1. The monoisotopic (exact) mass is 330 g/mol. The summed E-state index contributed by atoms with van der Waals surface area (Å²) in [5, 5.41) is 7.81. The zero-order valence-electron chi connectivity index (χ0n) is 13.1. The van der Waals surface area contributed by atoms with Crippen LogP contribution in [-0.4, -0.2) is 45.8 Å². The van der Waals surface area contributed by atoms with Crippen LogP contribution in [0, 0.1) is 0 Å². The Kier molecular flexibility index (Phi) is 6.01. The molecule has 0 fully saturated rings. The molecule has 0 unspecified atom stereocenters. The third kappa shape index (κ3) is 5.20. The summed E-state index contributed by atoms with van der Waals surface area (Å²) in [5.41, 5.74) is 0.902. The van der Waals surface area contributed by atoms with Crippen molar-refractivity contribution >= 4 is 17.7 Å². The molecule has 0 aliphatic rings. The number of hydrogen-bond acceptors (Lipinski definition) is 5. The molecule has 4 N–H and O–H groups in total. The van der Waals surface area contributed by atoms with Crippen LogP contribution in [0.25, 0.3) is 0 Å². The van der Waals surface area contributed by atoms with E-state index in [4.69, 9.17) is 0 Å². The number of rotatable bonds is 7. The zero-order valence-corrected chi connectivity index (χ0v) is 13.1. The van der Waals surface area contributed by atoms with Gasteiger partial charge in [0.1, 0.15) is 5.69 Å². The molecule has 0 aromatic carbocycles. The second kappa shape index (κ2) is 8.42. The van der Waals surface area contributed by atoms with Gasteiger partial charge >= 0.3 is 0 Å². The maximum Gasteiger partial charge on any atom is 0.287 e. The van der Waals surface area contributed by atoms with E-state index in [1.807, 2.05) is 6.07 Å². The van der Waals surface area contributed by atoms with Gasteiger partial charge in [0.25, 0.3) is 11.8 Å². The number of H-pyrrole nitrogens is 1. The van der Waals surface area contributed by atoms with E-state index in [0.29, 0.717) is 6.54 Å². The molecule has 2 rings (SSSR count). The Morgan fingerprint density at radius 3 is 2.54 bits per heavy atom. The normalized spacial score (nSPS) is 10.0. The smallest absolute Gasteiger partial charge is 0.287 e. The summed E-state index contributed by atoms with van der Waals surface area (Å²) in [6, 6.07) is 5.41. The van der Waals surface area contributed by atoms with Gasteiger partial charge in [-0.2, -0.15) is 0 Å². The number of aromatic amines is 1. The third-order valence-electron chi connectivity index (χ3n) is 2.98. The molecule has 9 nitrogen and oxygen atoms in total. The van der Waals surface area contributed by atoms with Gasteiger partial charge in [0.05, 0.1) is 18.4 Å². The van der Waals surface area contributed by atoms with Crippen LogP contribution in [0.5, 0.6) is 0 Å². The van der Waals surface area contributed by atoms with E-state index in [2.05, 4.69) is 30.9 Å². The van der Waals surface area contributed by atoms with Crippen LogP contribution in [-0.2, 0) is 11.3 Å². The van der Waals surface area contributed by atoms with Crippen LogP contribution in [0.15, 0.2) is 30.6 Å². The standard InChI is InChI=1S/C15H18N6O3/c1-10(22)16-6-7-18-15(24)13-19-9-12(21-13)14(23)20-8-11-4-2-3-5-17-11/h2-5,9H,6-8H2,1H3,(H,16,22)(H,18,24)(H,19,21)(H,20,23). The SMILES string of the molecule is CC(=O)NCCNC(=O)c1ncc(C(=O)NCc2ccccn2)[nH]1. The average molecular weight is 330 g/mol. The third-order valence-corrected chi connectivity index (χ3v) is 2.98. The van der Waals surface area contributed by atoms with Gasteiger partial charge in [-0.1, -0.05) is 6.07 Å². The molecule has 9 heteroatoms. The zero-order chi connectivity index (χ0) is 17.4. The molecular weight excluding hydrogens is 312 g/mol. The number of nitrogens with one attached hydrogen (secondary N) is 4. The van der Waals surface area contributed by atoms with Gasteiger partial charge in [-0.05, 0) is 12.1 Å². The maximum absolute atomic E-state index is 12.0. The van der Waals surface area contributed by atoms with Crippen LogP contribution >= 0.6 is 0 Å². The summed E-state index contributed by atoms with van der Waals surface area (Å²) in [4.78, 5) is 45.2. The lowest BCUT2D eigenvalue weighted by atomic mass is 10.3. The minimum Gasteiger partial charge on any atom is -0.355 e. The largest absolute Gasteiger partial charge is 0.355 e. The number of aromatic nitrogens is 3. The average Bonchev–Trinajstić information content (AvgIpc) is 3.07. The number of carbonyl (C=O) groups excluding carboxylic acids is 3. The van der Waals surface area contributed by atoms with Gasteiger partial charge in [-0.3, -0.25) is 19.4 Å². The summed E-state index contributed by atoms with van der Waals surface area (Å²) in [7, 11) is 0. The highest BCUT2D eigenvalue weighted by molar-refractivity contribution is 5.95. The minimum atomic E-state index is -0.455. The molecule has 126 valence electrons. The van der Waals surface area contributed by atoms with Gasteiger partial charge in [-0.15, -0.1) is 0 Å². The van der Waals surface area contributed by atoms with E-state index in [9.17, 15) is 14.4 Å². The first-order valence-corrected chi connectivity index (χ1v) is 7.32. The lowest BCUT2D eigenvalue weighted by Crippen LogP contribution is -2.34. The summed E-state index contributed by atoms with van der Waals surface area (Å²) < 4.78 is 0. The summed E-state index contributed by atoms with van der Waals surface area (Å²) in [6.07, 6.45) is 2.93. The second-order valence-electron chi connectivity index (χ2n) is 4.89. The van der Waals surface area contributed by atoms with Crippen molar-refractivity contribution in [2.24, 2.45) is 0 Å². The van der Waals surface area contributed by atoms with Gasteiger partial charge in [0.15, 0.2) is 5.82 Å². The fourth-order valence-corrected chi connectivity index (χ4v) is 1.82. The van der Waals surface area contributed by atoms with Gasteiger partial charge in [-0.25, -0.2) is 4.98 Å². The molecule has 2 aromatic heterocycles. The summed E-state index contributed by atoms with van der Waals surface area (Å²) >= 11 is 0. The molecule has 0 saturated heterocycles. The van der Waals surface area contributed by atoms with E-state index in [1.165, 1.54) is 13.1 Å². The van der Waals surface area contributed by atoms with Crippen LogP contribution in [0.3, 0.4) is 0 Å². The molecule has 0 aliphatic carbocycles. The quantitative estimate of drug-likeness (QED) is 0.513. The van der Waals surface area contributed by atoms with E-state index in [-0.39, 0.29) is 36.4 Å². The number of pyridine rings is 1. The second-order valence-corrected chi connectivity index (χ2v) is 4.89. The Morgan fingerprint density at radius 1 is 1.04 bits per heavy atom. The lowest BCUT2D eigenvalue weighted by molar-refractivity contribution is -0.118. The number of carbonyl (C=O) groups is 3. The summed E-state index contributed by atoms with van der Waals surface area (Å²) in [6.45, 7) is 2.25. The predicted molar refractivity (Wildman–Crippen MR) is 85.0 cm³/mol. The Hall–Kier alpha value is -3.23. The Bertz CT molecular complexity index is 713. The summed E-state index contributed by atoms with van der Waals surface area (Å²) in [5.74, 6) is -0.982. The van der Waals surface area contributed by atoms with Crippen molar-refractivity contribution in [1.82, 2.24) is 30.9 Å². The van der Waals surface area contributed by atoms with Crippen molar-refractivity contribution in [3.05, 3.63) is 47.8 Å². The highest BCUT2D eigenvalue weighted by Crippen LogP contribution is 1.99. The number of hydrogen-bond donors (Lipinski definition) is 4. The van der Waals surface area contributed by atoms with Crippen LogP contribution in [0.2, 0.25) is 0 Å². The molecular formula is C15H18N6O3. The molecule has 24 heavy (non-hydrogen) atoms. The highest BCUT2D eigenvalue weighted by atomic mass is 16.2. The number of nitrogens with zero attached hydrogens (tertiary/aromatic N) is 2. The van der Waals surface area contributed by atoms with Gasteiger partial charge in [0.2, 0.25) is 5.91 Å². The fraction of sp³-hybridized carbons (Fsp3) is 0.267. The topological polar surface area (TPSA) is 129 Å². The Morgan fingerprint density at radius 2 is 1.83 bits per heavy atom. The molecule has 0 spiro atoms. The van der Waals surface area contributed by atoms with Crippen molar-refractivity contribution in [2.45, 2.75) is 13.5 Å². The van der Waals surface area contributed by atoms with E-state index in [1.54, 1.807) is 18.3 Å². The lowest BCUT2D eigenvalue weighted by Gasteiger charge is -2.04. The van der Waals surface area contributed by atoms with E-state index in [0.717, 1.165) is 5.69 Å². The Labute approximate surface area is 138 Å². The van der Waals surface area contributed by atoms with Crippen LogP contribution in [0.1, 0.15) is 33.7 Å². The molecule has 0 bridgehead atoms. The van der Waals surface area contributed by atoms with E-state index >= 15 is 0 Å². The molecule has 3 amide bonds. The van der Waals surface area contributed by atoms with Crippen LogP contribution in [0.4, 0.5) is 0 Å². The fourth-order valence-electron chi connectivity index (χ4n) is 1.82. The van der Waals surface area contributed by atoms with E-state index < -0.39 is 5.91 Å². The number of amides is 3.